The number of amides is 3. The zero-order valence-corrected chi connectivity index (χ0v) is 13.6. The smallest absolute Gasteiger partial charge is 0.452 e. The lowest BCUT2D eigenvalue weighted by atomic mass is 10.2. The van der Waals surface area contributed by atoms with Crippen molar-refractivity contribution in [3.63, 3.8) is 0 Å². The molecule has 142 valence electrons. The van der Waals surface area contributed by atoms with E-state index in [1.54, 1.807) is 0 Å². The molecule has 0 atom stereocenters. The summed E-state index contributed by atoms with van der Waals surface area (Å²) < 4.78 is 44.5. The highest BCUT2D eigenvalue weighted by molar-refractivity contribution is 5.97. The molecular formula is C16H17F3N2O5. The summed E-state index contributed by atoms with van der Waals surface area (Å²) in [5.41, 5.74) is -0.0669. The summed E-state index contributed by atoms with van der Waals surface area (Å²) in [6.07, 6.45) is -1.10. The van der Waals surface area contributed by atoms with E-state index in [2.05, 4.69) is 10.1 Å². The molecule has 0 heterocycles. The van der Waals surface area contributed by atoms with Crippen LogP contribution in [0.2, 0.25) is 0 Å². The second-order valence-electron chi connectivity index (χ2n) is 5.65. The van der Waals surface area contributed by atoms with Crippen LogP contribution in [0.5, 0.6) is 5.75 Å². The summed E-state index contributed by atoms with van der Waals surface area (Å²) in [6.45, 7) is -0.697. The van der Waals surface area contributed by atoms with Crippen LogP contribution in [0.3, 0.4) is 0 Å². The van der Waals surface area contributed by atoms with Gasteiger partial charge in [-0.1, -0.05) is 12.8 Å². The predicted octanol–water partition coefficient (Wildman–Crippen LogP) is 2.51. The van der Waals surface area contributed by atoms with E-state index < -0.39 is 36.6 Å². The van der Waals surface area contributed by atoms with E-state index in [0.717, 1.165) is 49.9 Å². The van der Waals surface area contributed by atoms with Gasteiger partial charge < -0.3 is 14.8 Å². The molecule has 1 saturated carbocycles. The predicted molar refractivity (Wildman–Crippen MR) is 82.3 cm³/mol. The summed E-state index contributed by atoms with van der Waals surface area (Å²) in [5, 5.41) is 4.67. The topological polar surface area (TPSA) is 93.7 Å². The van der Waals surface area contributed by atoms with Gasteiger partial charge in [0.15, 0.2) is 6.61 Å². The molecule has 0 saturated heterocycles. The van der Waals surface area contributed by atoms with Gasteiger partial charge in [-0.3, -0.25) is 10.1 Å². The largest absolute Gasteiger partial charge is 0.573 e. The number of urea groups is 1. The highest BCUT2D eigenvalue weighted by Crippen LogP contribution is 2.22. The Morgan fingerprint density at radius 2 is 1.69 bits per heavy atom. The molecule has 1 fully saturated rings. The fourth-order valence-electron chi connectivity index (χ4n) is 2.46. The van der Waals surface area contributed by atoms with Gasteiger partial charge in [-0.2, -0.15) is 0 Å². The molecule has 0 aliphatic heterocycles. The van der Waals surface area contributed by atoms with Crippen molar-refractivity contribution in [3.05, 3.63) is 29.8 Å². The zero-order chi connectivity index (χ0) is 19.2. The first-order valence-corrected chi connectivity index (χ1v) is 7.86. The lowest BCUT2D eigenvalue weighted by Crippen LogP contribution is -2.44. The van der Waals surface area contributed by atoms with Gasteiger partial charge in [0.05, 0.1) is 5.56 Å². The molecule has 1 aromatic rings. The van der Waals surface area contributed by atoms with Gasteiger partial charge in [0.2, 0.25) is 0 Å². The first-order valence-electron chi connectivity index (χ1n) is 7.86. The molecule has 3 amide bonds. The van der Waals surface area contributed by atoms with Crippen LogP contribution >= 0.6 is 0 Å². The minimum Gasteiger partial charge on any atom is -0.452 e. The molecule has 0 radical (unpaired) electrons. The van der Waals surface area contributed by atoms with Gasteiger partial charge >= 0.3 is 18.4 Å². The lowest BCUT2D eigenvalue weighted by Gasteiger charge is -2.12. The number of carbonyl (C=O) groups excluding carboxylic acids is 3. The standard InChI is InChI=1S/C16H17F3N2O5/c17-16(18,19)26-12-7-5-10(6-8-12)14(23)25-9-13(22)21-15(24)20-11-3-1-2-4-11/h5-8,11H,1-4,9H2,(H2,20,21,22,24). The maximum Gasteiger partial charge on any atom is 0.573 e. The third kappa shape index (κ3) is 6.61. The third-order valence-corrected chi connectivity index (χ3v) is 3.60. The van der Waals surface area contributed by atoms with Crippen LogP contribution in [0.4, 0.5) is 18.0 Å². The fourth-order valence-corrected chi connectivity index (χ4v) is 2.46. The molecule has 0 bridgehead atoms. The average molecular weight is 374 g/mol. The van der Waals surface area contributed by atoms with E-state index >= 15 is 0 Å². The Hall–Kier alpha value is -2.78. The van der Waals surface area contributed by atoms with Crippen LogP contribution in [0.25, 0.3) is 0 Å². The van der Waals surface area contributed by atoms with Crippen LogP contribution in [-0.2, 0) is 9.53 Å². The molecule has 2 N–H and O–H groups in total. The van der Waals surface area contributed by atoms with E-state index in [9.17, 15) is 27.6 Å². The van der Waals surface area contributed by atoms with Crippen LogP contribution in [0.15, 0.2) is 24.3 Å². The number of hydrogen-bond donors (Lipinski definition) is 2. The van der Waals surface area contributed by atoms with Crippen molar-refractivity contribution in [1.82, 2.24) is 10.6 Å². The second-order valence-corrected chi connectivity index (χ2v) is 5.65. The highest BCUT2D eigenvalue weighted by atomic mass is 19.4. The first-order chi connectivity index (χ1) is 12.2. The normalized spacial score (nSPS) is 14.6. The summed E-state index contributed by atoms with van der Waals surface area (Å²) >= 11 is 0. The van der Waals surface area contributed by atoms with Crippen molar-refractivity contribution < 1.29 is 37.0 Å². The number of esters is 1. The second kappa shape index (κ2) is 8.54. The van der Waals surface area contributed by atoms with Crippen molar-refractivity contribution in [1.29, 1.82) is 0 Å². The molecule has 0 aromatic heterocycles. The molecule has 1 aliphatic rings. The number of halogens is 3. The molecule has 2 rings (SSSR count). The number of ether oxygens (including phenoxy) is 2. The third-order valence-electron chi connectivity index (χ3n) is 3.60. The first kappa shape index (κ1) is 19.5. The monoisotopic (exact) mass is 374 g/mol. The van der Waals surface area contributed by atoms with Gasteiger partial charge in [-0.05, 0) is 37.1 Å². The van der Waals surface area contributed by atoms with Crippen molar-refractivity contribution in [2.24, 2.45) is 0 Å². The van der Waals surface area contributed by atoms with E-state index in [1.807, 2.05) is 5.32 Å². The lowest BCUT2D eigenvalue weighted by molar-refractivity contribution is -0.274. The van der Waals surface area contributed by atoms with E-state index in [0.29, 0.717) is 0 Å². The zero-order valence-electron chi connectivity index (χ0n) is 13.6. The molecule has 1 aromatic carbocycles. The number of hydrogen-bond acceptors (Lipinski definition) is 5. The van der Waals surface area contributed by atoms with E-state index in [-0.39, 0.29) is 11.6 Å². The Morgan fingerprint density at radius 3 is 2.27 bits per heavy atom. The minimum absolute atomic E-state index is 0.0304. The average Bonchev–Trinajstić information content (AvgIpc) is 3.04. The highest BCUT2D eigenvalue weighted by Gasteiger charge is 2.31. The number of carbonyl (C=O) groups is 3. The SMILES string of the molecule is O=C(COC(=O)c1ccc(OC(F)(F)F)cc1)NC(=O)NC1CCCC1. The molecule has 10 heteroatoms. The maximum atomic E-state index is 12.1. The summed E-state index contributed by atoms with van der Waals surface area (Å²) in [6, 6.07) is 3.38. The van der Waals surface area contributed by atoms with Crippen LogP contribution in [-0.4, -0.2) is 36.9 Å². The Kier molecular flexibility index (Phi) is 6.42. The van der Waals surface area contributed by atoms with Crippen molar-refractivity contribution >= 4 is 17.9 Å². The van der Waals surface area contributed by atoms with Gasteiger partial charge in [0.25, 0.3) is 5.91 Å². The molecule has 0 spiro atoms. The Balaban J connectivity index is 1.74. The number of rotatable bonds is 5. The van der Waals surface area contributed by atoms with Crippen molar-refractivity contribution in [2.75, 3.05) is 6.61 Å². The molecule has 26 heavy (non-hydrogen) atoms. The Labute approximate surface area is 146 Å². The van der Waals surface area contributed by atoms with Gasteiger partial charge in [-0.25, -0.2) is 9.59 Å². The molecular weight excluding hydrogens is 357 g/mol. The number of nitrogens with one attached hydrogen (secondary N) is 2. The van der Waals surface area contributed by atoms with Gasteiger partial charge in [0, 0.05) is 6.04 Å². The Bertz CT molecular complexity index is 655. The van der Waals surface area contributed by atoms with Gasteiger partial charge in [0.1, 0.15) is 5.75 Å². The summed E-state index contributed by atoms with van der Waals surface area (Å²) in [5.74, 6) is -2.23. The van der Waals surface area contributed by atoms with Gasteiger partial charge in [-0.15, -0.1) is 13.2 Å². The van der Waals surface area contributed by atoms with E-state index in [1.165, 1.54) is 0 Å². The van der Waals surface area contributed by atoms with Crippen molar-refractivity contribution in [2.45, 2.75) is 38.1 Å². The number of alkyl halides is 3. The molecule has 0 unspecified atom stereocenters. The van der Waals surface area contributed by atoms with Crippen LogP contribution < -0.4 is 15.4 Å². The van der Waals surface area contributed by atoms with Crippen LogP contribution in [0.1, 0.15) is 36.0 Å². The van der Waals surface area contributed by atoms with E-state index in [4.69, 9.17) is 4.74 Å². The summed E-state index contributed by atoms with van der Waals surface area (Å²) in [4.78, 5) is 34.9. The number of imide groups is 1. The summed E-state index contributed by atoms with van der Waals surface area (Å²) in [7, 11) is 0. The fraction of sp³-hybridized carbons (Fsp3) is 0.438. The minimum atomic E-state index is -4.83. The molecule has 7 nitrogen and oxygen atoms in total. The van der Waals surface area contributed by atoms with Crippen molar-refractivity contribution in [3.8, 4) is 5.75 Å². The Morgan fingerprint density at radius 1 is 1.08 bits per heavy atom. The molecule has 1 aliphatic carbocycles. The van der Waals surface area contributed by atoms with Crippen LogP contribution in [0, 0.1) is 0 Å². The number of benzene rings is 1. The maximum absolute atomic E-state index is 12.1. The quantitative estimate of drug-likeness (QED) is 0.773.